The zero-order valence-electron chi connectivity index (χ0n) is 12.3. The molecule has 0 bridgehead atoms. The maximum absolute atomic E-state index is 6.03. The normalized spacial score (nSPS) is 10.8. The van der Waals surface area contributed by atoms with E-state index in [1.165, 1.54) is 0 Å². The van der Waals surface area contributed by atoms with Gasteiger partial charge in [-0.25, -0.2) is 0 Å². The van der Waals surface area contributed by atoms with Crippen LogP contribution in [-0.4, -0.2) is 40.1 Å². The van der Waals surface area contributed by atoms with E-state index in [-0.39, 0.29) is 0 Å². The number of rotatable bonds is 11. The molecule has 114 valence electrons. The number of nitrogens with one attached hydrogen (secondary N) is 1. The highest BCUT2D eigenvalue weighted by Gasteiger charge is 2.04. The van der Waals surface area contributed by atoms with Crippen molar-refractivity contribution in [3.05, 3.63) is 28.8 Å². The van der Waals surface area contributed by atoms with Crippen molar-refractivity contribution in [3.8, 4) is 5.75 Å². The van der Waals surface area contributed by atoms with E-state index in [0.717, 1.165) is 35.8 Å². The Morgan fingerprint density at radius 2 is 1.95 bits per heavy atom. The van der Waals surface area contributed by atoms with Crippen LogP contribution in [0.3, 0.4) is 0 Å². The molecule has 0 saturated heterocycles. The minimum absolute atomic E-state index is 0.520. The van der Waals surface area contributed by atoms with Crippen LogP contribution in [0.15, 0.2) is 18.2 Å². The lowest BCUT2D eigenvalue weighted by atomic mass is 10.2. The molecule has 1 aromatic rings. The lowest BCUT2D eigenvalue weighted by Gasteiger charge is -2.13. The second-order valence-electron chi connectivity index (χ2n) is 4.38. The smallest absolute Gasteiger partial charge is 0.124 e. The molecule has 0 aromatic heterocycles. The third-order valence-corrected chi connectivity index (χ3v) is 2.92. The van der Waals surface area contributed by atoms with Gasteiger partial charge in [0.1, 0.15) is 12.4 Å². The van der Waals surface area contributed by atoms with Gasteiger partial charge in [-0.05, 0) is 31.2 Å². The first-order chi connectivity index (χ1) is 9.77. The van der Waals surface area contributed by atoms with E-state index in [0.29, 0.717) is 26.4 Å². The van der Waals surface area contributed by atoms with E-state index in [1.807, 2.05) is 18.2 Å². The first-order valence-corrected chi connectivity index (χ1v) is 7.34. The van der Waals surface area contributed by atoms with Crippen molar-refractivity contribution < 1.29 is 14.2 Å². The van der Waals surface area contributed by atoms with Crippen molar-refractivity contribution in [3.63, 3.8) is 0 Å². The zero-order chi connectivity index (χ0) is 14.6. The molecule has 0 radical (unpaired) electrons. The summed E-state index contributed by atoms with van der Waals surface area (Å²) in [6.07, 6.45) is 1.10. The lowest BCUT2D eigenvalue weighted by Crippen LogP contribution is -2.16. The van der Waals surface area contributed by atoms with Gasteiger partial charge in [-0.1, -0.05) is 18.5 Å². The van der Waals surface area contributed by atoms with Crippen molar-refractivity contribution in [2.45, 2.75) is 19.9 Å². The maximum atomic E-state index is 6.03. The molecule has 0 heterocycles. The van der Waals surface area contributed by atoms with Gasteiger partial charge in [-0.2, -0.15) is 0 Å². The van der Waals surface area contributed by atoms with Crippen molar-refractivity contribution in [1.29, 1.82) is 0 Å². The fraction of sp³-hybridized carbons (Fsp3) is 0.600. The number of halogens is 1. The Morgan fingerprint density at radius 3 is 2.70 bits per heavy atom. The standard InChI is InChI=1S/C15H24ClNO3/c1-3-6-17-12-13-11-14(16)4-5-15(13)20-10-9-19-8-7-18-2/h4-5,11,17H,3,6-10,12H2,1-2H3. The first kappa shape index (κ1) is 17.2. The molecule has 0 unspecified atom stereocenters. The molecule has 1 aromatic carbocycles. The predicted octanol–water partition coefficient (Wildman–Crippen LogP) is 2.88. The number of hydrogen-bond acceptors (Lipinski definition) is 4. The van der Waals surface area contributed by atoms with Crippen LogP contribution in [0.5, 0.6) is 5.75 Å². The molecular weight excluding hydrogens is 278 g/mol. The predicted molar refractivity (Wildman–Crippen MR) is 81.6 cm³/mol. The van der Waals surface area contributed by atoms with E-state index in [4.69, 9.17) is 25.8 Å². The van der Waals surface area contributed by atoms with Gasteiger partial charge < -0.3 is 19.5 Å². The fourth-order valence-corrected chi connectivity index (χ4v) is 1.88. The fourth-order valence-electron chi connectivity index (χ4n) is 1.68. The summed E-state index contributed by atoms with van der Waals surface area (Å²) in [6, 6.07) is 5.68. The Bertz CT molecular complexity index is 374. The van der Waals surface area contributed by atoms with Crippen LogP contribution >= 0.6 is 11.6 Å². The van der Waals surface area contributed by atoms with E-state index < -0.39 is 0 Å². The third kappa shape index (κ3) is 7.10. The van der Waals surface area contributed by atoms with Crippen molar-refractivity contribution >= 4 is 11.6 Å². The lowest BCUT2D eigenvalue weighted by molar-refractivity contribution is 0.0542. The Labute approximate surface area is 126 Å². The summed E-state index contributed by atoms with van der Waals surface area (Å²) in [5, 5.41) is 4.07. The molecule has 0 amide bonds. The summed E-state index contributed by atoms with van der Waals surface area (Å²) in [6.45, 7) is 6.14. The van der Waals surface area contributed by atoms with Gasteiger partial charge in [-0.3, -0.25) is 0 Å². The van der Waals surface area contributed by atoms with Crippen LogP contribution in [0.25, 0.3) is 0 Å². The number of benzene rings is 1. The molecule has 0 aliphatic carbocycles. The van der Waals surface area contributed by atoms with Crippen LogP contribution in [0.1, 0.15) is 18.9 Å². The highest BCUT2D eigenvalue weighted by molar-refractivity contribution is 6.30. The monoisotopic (exact) mass is 301 g/mol. The molecule has 0 atom stereocenters. The van der Waals surface area contributed by atoms with Gasteiger partial charge in [0.25, 0.3) is 0 Å². The van der Waals surface area contributed by atoms with Gasteiger partial charge in [0.15, 0.2) is 0 Å². The summed E-state index contributed by atoms with van der Waals surface area (Å²) < 4.78 is 16.0. The molecule has 0 fully saturated rings. The molecule has 0 spiro atoms. The minimum Gasteiger partial charge on any atom is -0.491 e. The molecule has 20 heavy (non-hydrogen) atoms. The summed E-state index contributed by atoms with van der Waals surface area (Å²) in [5.41, 5.74) is 1.07. The third-order valence-electron chi connectivity index (χ3n) is 2.68. The maximum Gasteiger partial charge on any atom is 0.124 e. The van der Waals surface area contributed by atoms with Crippen molar-refractivity contribution in [2.75, 3.05) is 40.1 Å². The number of ether oxygens (including phenoxy) is 3. The minimum atomic E-state index is 0.520. The summed E-state index contributed by atoms with van der Waals surface area (Å²) in [7, 11) is 1.66. The summed E-state index contributed by atoms with van der Waals surface area (Å²) >= 11 is 6.03. The van der Waals surface area contributed by atoms with Gasteiger partial charge in [0.05, 0.1) is 19.8 Å². The molecule has 4 nitrogen and oxygen atoms in total. The van der Waals surface area contributed by atoms with Gasteiger partial charge in [0, 0.05) is 24.2 Å². The van der Waals surface area contributed by atoms with Crippen LogP contribution < -0.4 is 10.1 Å². The van der Waals surface area contributed by atoms with Crippen LogP contribution in [0, 0.1) is 0 Å². The van der Waals surface area contributed by atoms with Gasteiger partial charge >= 0.3 is 0 Å². The Hall–Kier alpha value is -0.810. The SMILES string of the molecule is CCCNCc1cc(Cl)ccc1OCCOCCOC. The van der Waals surface area contributed by atoms with Crippen LogP contribution in [0.4, 0.5) is 0 Å². The van der Waals surface area contributed by atoms with Crippen LogP contribution in [-0.2, 0) is 16.0 Å². The molecular formula is C15H24ClNO3. The van der Waals surface area contributed by atoms with Gasteiger partial charge in [0.2, 0.25) is 0 Å². The highest BCUT2D eigenvalue weighted by Crippen LogP contribution is 2.22. The molecule has 0 aliphatic rings. The first-order valence-electron chi connectivity index (χ1n) is 6.96. The van der Waals surface area contributed by atoms with Crippen molar-refractivity contribution in [2.24, 2.45) is 0 Å². The largest absolute Gasteiger partial charge is 0.491 e. The zero-order valence-corrected chi connectivity index (χ0v) is 13.0. The Morgan fingerprint density at radius 1 is 1.15 bits per heavy atom. The number of methoxy groups -OCH3 is 1. The highest BCUT2D eigenvalue weighted by atomic mass is 35.5. The van der Waals surface area contributed by atoms with E-state index in [2.05, 4.69) is 12.2 Å². The Kier molecular flexibility index (Phi) is 9.41. The van der Waals surface area contributed by atoms with E-state index in [9.17, 15) is 0 Å². The second-order valence-corrected chi connectivity index (χ2v) is 4.82. The summed E-state index contributed by atoms with van der Waals surface area (Å²) in [4.78, 5) is 0. The molecule has 0 aliphatic heterocycles. The number of hydrogen-bond donors (Lipinski definition) is 1. The van der Waals surface area contributed by atoms with E-state index in [1.54, 1.807) is 7.11 Å². The Balaban J connectivity index is 2.38. The average molecular weight is 302 g/mol. The van der Waals surface area contributed by atoms with Crippen LogP contribution in [0.2, 0.25) is 5.02 Å². The van der Waals surface area contributed by atoms with Gasteiger partial charge in [-0.15, -0.1) is 0 Å². The van der Waals surface area contributed by atoms with E-state index >= 15 is 0 Å². The molecule has 5 heteroatoms. The quantitative estimate of drug-likeness (QED) is 0.638. The second kappa shape index (κ2) is 10.9. The average Bonchev–Trinajstić information content (AvgIpc) is 2.45. The topological polar surface area (TPSA) is 39.7 Å². The molecule has 0 saturated carbocycles. The molecule has 1 N–H and O–H groups in total. The molecule has 1 rings (SSSR count). The summed E-state index contributed by atoms with van der Waals surface area (Å²) in [5.74, 6) is 0.855. The van der Waals surface area contributed by atoms with Crippen molar-refractivity contribution in [1.82, 2.24) is 5.32 Å².